The van der Waals surface area contributed by atoms with E-state index in [1.807, 2.05) is 36.4 Å². The third-order valence-corrected chi connectivity index (χ3v) is 4.42. The van der Waals surface area contributed by atoms with Crippen molar-refractivity contribution < 1.29 is 5.11 Å². The molecule has 0 bridgehead atoms. The number of H-pyrrole nitrogens is 1. The molecule has 0 atom stereocenters. The molecule has 106 valence electrons. The van der Waals surface area contributed by atoms with E-state index in [1.165, 1.54) is 0 Å². The second-order valence-electron chi connectivity index (χ2n) is 4.75. The van der Waals surface area contributed by atoms with Gasteiger partial charge in [-0.05, 0) is 33.6 Å². The number of fused-ring (bicyclic) bond motifs is 1. The van der Waals surface area contributed by atoms with Gasteiger partial charge in [0.05, 0.1) is 11.1 Å². The van der Waals surface area contributed by atoms with Crippen molar-refractivity contribution in [1.82, 2.24) is 4.98 Å². The zero-order chi connectivity index (χ0) is 15.0. The molecule has 21 heavy (non-hydrogen) atoms. The van der Waals surface area contributed by atoms with E-state index in [0.717, 1.165) is 14.5 Å². The molecule has 2 N–H and O–H groups in total. The molecule has 0 radical (unpaired) electrons. The van der Waals surface area contributed by atoms with Crippen molar-refractivity contribution in [1.29, 1.82) is 0 Å². The molecule has 5 heteroatoms. The molecule has 0 unspecified atom stereocenters. The maximum atomic E-state index is 12.2. The number of aromatic hydroxyl groups is 1. The van der Waals surface area contributed by atoms with Gasteiger partial charge in [-0.2, -0.15) is 0 Å². The quantitative estimate of drug-likeness (QED) is 0.662. The molecule has 0 saturated carbocycles. The highest BCUT2D eigenvalue weighted by Crippen LogP contribution is 2.33. The molecule has 0 fully saturated rings. The van der Waals surface area contributed by atoms with Gasteiger partial charge in [-0.3, -0.25) is 4.79 Å². The summed E-state index contributed by atoms with van der Waals surface area (Å²) in [4.78, 5) is 15.1. The lowest BCUT2D eigenvalue weighted by Gasteiger charge is -2.09. The molecule has 0 aliphatic rings. The topological polar surface area (TPSA) is 53.1 Å². The van der Waals surface area contributed by atoms with Crippen molar-refractivity contribution in [2.45, 2.75) is 6.42 Å². The van der Waals surface area contributed by atoms with E-state index in [-0.39, 0.29) is 11.3 Å². The Morgan fingerprint density at radius 3 is 2.52 bits per heavy atom. The summed E-state index contributed by atoms with van der Waals surface area (Å²) in [5.74, 6) is 0.0274. The first kappa shape index (κ1) is 14.4. The summed E-state index contributed by atoms with van der Waals surface area (Å²) in [5, 5.41) is 11.1. The van der Waals surface area contributed by atoms with Crippen LogP contribution in [0.15, 0.2) is 56.2 Å². The van der Waals surface area contributed by atoms with E-state index in [1.54, 1.807) is 6.07 Å². The third kappa shape index (κ3) is 2.76. The molecule has 0 saturated heterocycles. The number of benzene rings is 2. The molecule has 1 aromatic heterocycles. The number of pyridine rings is 1. The van der Waals surface area contributed by atoms with Gasteiger partial charge in [0.25, 0.3) is 5.56 Å². The lowest BCUT2D eigenvalue weighted by Crippen LogP contribution is -2.13. The van der Waals surface area contributed by atoms with E-state index in [0.29, 0.717) is 22.9 Å². The van der Waals surface area contributed by atoms with Crippen LogP contribution in [0.25, 0.3) is 10.9 Å². The molecular formula is C16H11Br2NO2. The molecule has 0 amide bonds. The second kappa shape index (κ2) is 5.66. The number of hydrogen-bond donors (Lipinski definition) is 2. The Morgan fingerprint density at radius 2 is 1.81 bits per heavy atom. The minimum atomic E-state index is -0.271. The van der Waals surface area contributed by atoms with Gasteiger partial charge < -0.3 is 10.1 Å². The Labute approximate surface area is 137 Å². The van der Waals surface area contributed by atoms with E-state index >= 15 is 0 Å². The number of aromatic amines is 1. The van der Waals surface area contributed by atoms with Crippen molar-refractivity contribution in [3.8, 4) is 5.75 Å². The second-order valence-corrected chi connectivity index (χ2v) is 6.52. The van der Waals surface area contributed by atoms with E-state index in [2.05, 4.69) is 36.8 Å². The van der Waals surface area contributed by atoms with Crippen LogP contribution in [0.1, 0.15) is 11.1 Å². The maximum Gasteiger partial charge on any atom is 0.255 e. The van der Waals surface area contributed by atoms with Crippen LogP contribution in [0.4, 0.5) is 0 Å². The SMILES string of the molecule is O=c1[nH]c2c(Br)cc(Br)cc2c(O)c1Cc1ccccc1. The predicted octanol–water partition coefficient (Wildman–Crippen LogP) is 4.35. The van der Waals surface area contributed by atoms with E-state index < -0.39 is 0 Å². The Morgan fingerprint density at radius 1 is 1.10 bits per heavy atom. The van der Waals surface area contributed by atoms with Gasteiger partial charge in [0, 0.05) is 20.8 Å². The smallest absolute Gasteiger partial charge is 0.255 e. The summed E-state index contributed by atoms with van der Waals surface area (Å²) in [7, 11) is 0. The number of aromatic nitrogens is 1. The molecule has 0 aliphatic heterocycles. The Balaban J connectivity index is 2.22. The summed E-state index contributed by atoms with van der Waals surface area (Å²) in [5.41, 5.74) is 1.68. The van der Waals surface area contributed by atoms with Crippen LogP contribution in [-0.4, -0.2) is 10.1 Å². The van der Waals surface area contributed by atoms with Gasteiger partial charge in [0.1, 0.15) is 5.75 Å². The molecule has 0 spiro atoms. The van der Waals surface area contributed by atoms with Crippen LogP contribution in [-0.2, 0) is 6.42 Å². The zero-order valence-electron chi connectivity index (χ0n) is 10.9. The fourth-order valence-corrected chi connectivity index (χ4v) is 3.63. The van der Waals surface area contributed by atoms with Crippen LogP contribution >= 0.6 is 31.9 Å². The molecule has 3 rings (SSSR count). The monoisotopic (exact) mass is 407 g/mol. The molecule has 1 heterocycles. The summed E-state index contributed by atoms with van der Waals surface area (Å²) in [6.07, 6.45) is 0.391. The zero-order valence-corrected chi connectivity index (χ0v) is 14.0. The number of hydrogen-bond acceptors (Lipinski definition) is 2. The molecule has 3 nitrogen and oxygen atoms in total. The van der Waals surface area contributed by atoms with Gasteiger partial charge in [0.2, 0.25) is 0 Å². The van der Waals surface area contributed by atoms with Gasteiger partial charge in [-0.1, -0.05) is 46.3 Å². The standard InChI is InChI=1S/C16H11Br2NO2/c17-10-7-11-14(13(18)8-10)19-16(21)12(15(11)20)6-9-4-2-1-3-5-9/h1-5,7-8H,6H2,(H2,19,20,21). The van der Waals surface area contributed by atoms with Crippen LogP contribution in [0.2, 0.25) is 0 Å². The Hall–Kier alpha value is -1.59. The van der Waals surface area contributed by atoms with Crippen molar-refractivity contribution in [3.63, 3.8) is 0 Å². The average molecular weight is 409 g/mol. The fourth-order valence-electron chi connectivity index (χ4n) is 2.31. The third-order valence-electron chi connectivity index (χ3n) is 3.33. The van der Waals surface area contributed by atoms with Gasteiger partial charge >= 0.3 is 0 Å². The molecular weight excluding hydrogens is 398 g/mol. The summed E-state index contributed by atoms with van der Waals surface area (Å²) < 4.78 is 1.56. The van der Waals surface area contributed by atoms with E-state index in [4.69, 9.17) is 0 Å². The minimum absolute atomic E-state index is 0.0274. The lowest BCUT2D eigenvalue weighted by molar-refractivity contribution is 0.474. The lowest BCUT2D eigenvalue weighted by atomic mass is 10.0. The number of nitrogens with one attached hydrogen (secondary N) is 1. The first-order valence-electron chi connectivity index (χ1n) is 6.33. The highest BCUT2D eigenvalue weighted by atomic mass is 79.9. The first-order chi connectivity index (χ1) is 10.1. The largest absolute Gasteiger partial charge is 0.507 e. The predicted molar refractivity (Wildman–Crippen MR) is 90.9 cm³/mol. The van der Waals surface area contributed by atoms with Crippen molar-refractivity contribution >= 4 is 42.8 Å². The van der Waals surface area contributed by atoms with Crippen molar-refractivity contribution in [2.75, 3.05) is 0 Å². The molecule has 2 aromatic carbocycles. The highest BCUT2D eigenvalue weighted by molar-refractivity contribution is 9.11. The highest BCUT2D eigenvalue weighted by Gasteiger charge is 2.14. The van der Waals surface area contributed by atoms with E-state index in [9.17, 15) is 9.90 Å². The summed E-state index contributed by atoms with van der Waals surface area (Å²) in [6, 6.07) is 13.2. The molecule has 0 aliphatic carbocycles. The number of halogens is 2. The van der Waals surface area contributed by atoms with Gasteiger partial charge in [-0.25, -0.2) is 0 Å². The minimum Gasteiger partial charge on any atom is -0.507 e. The number of rotatable bonds is 2. The maximum absolute atomic E-state index is 12.2. The van der Waals surface area contributed by atoms with Gasteiger partial charge in [0.15, 0.2) is 0 Å². The molecule has 3 aromatic rings. The van der Waals surface area contributed by atoms with Crippen LogP contribution in [0.3, 0.4) is 0 Å². The Bertz CT molecular complexity index is 873. The first-order valence-corrected chi connectivity index (χ1v) is 7.91. The van der Waals surface area contributed by atoms with Crippen molar-refractivity contribution in [3.05, 3.63) is 72.9 Å². The Kier molecular flexibility index (Phi) is 3.87. The fraction of sp³-hybridized carbons (Fsp3) is 0.0625. The van der Waals surface area contributed by atoms with Crippen LogP contribution in [0.5, 0.6) is 5.75 Å². The van der Waals surface area contributed by atoms with Crippen LogP contribution < -0.4 is 5.56 Å². The summed E-state index contributed by atoms with van der Waals surface area (Å²) in [6.45, 7) is 0. The van der Waals surface area contributed by atoms with Crippen LogP contribution in [0, 0.1) is 0 Å². The van der Waals surface area contributed by atoms with Crippen molar-refractivity contribution in [2.24, 2.45) is 0 Å². The van der Waals surface area contributed by atoms with Gasteiger partial charge in [-0.15, -0.1) is 0 Å². The normalized spacial score (nSPS) is 11.0. The summed E-state index contributed by atoms with van der Waals surface area (Å²) >= 11 is 6.79. The average Bonchev–Trinajstić information content (AvgIpc) is 2.46.